The van der Waals surface area contributed by atoms with E-state index in [1.165, 1.54) is 18.2 Å². The molecule has 1 aliphatic rings. The van der Waals surface area contributed by atoms with Crippen LogP contribution in [0.4, 0.5) is 0 Å². The van der Waals surface area contributed by atoms with Crippen LogP contribution in [0.15, 0.2) is 30.3 Å². The zero-order valence-electron chi connectivity index (χ0n) is 16.7. The largest absolute Gasteiger partial charge is 0.508 e. The van der Waals surface area contributed by atoms with E-state index in [0.29, 0.717) is 5.56 Å². The quantitative estimate of drug-likeness (QED) is 0.227. The lowest BCUT2D eigenvalue weighted by atomic mass is 9.99. The number of aliphatic hydroxyl groups is 4. The van der Waals surface area contributed by atoms with Gasteiger partial charge < -0.3 is 44.5 Å². The lowest BCUT2D eigenvalue weighted by molar-refractivity contribution is -0.315. The Morgan fingerprint density at radius 2 is 1.71 bits per heavy atom. The number of rotatable bonds is 9. The van der Waals surface area contributed by atoms with Crippen LogP contribution in [0.5, 0.6) is 5.75 Å². The number of benzene rings is 1. The van der Waals surface area contributed by atoms with E-state index in [0.717, 1.165) is 13.0 Å². The number of phenolic OH excluding ortho intramolecular Hbond substituents is 1. The Morgan fingerprint density at radius 3 is 2.32 bits per heavy atom. The first kappa shape index (κ1) is 24.7. The predicted octanol–water partition coefficient (Wildman–Crippen LogP) is -1.30. The number of hydrogen-bond donors (Lipinski definition) is 5. The van der Waals surface area contributed by atoms with E-state index in [1.807, 2.05) is 0 Å². The van der Waals surface area contributed by atoms with E-state index in [9.17, 15) is 35.1 Å². The van der Waals surface area contributed by atoms with Gasteiger partial charge in [0.05, 0.1) is 6.61 Å². The summed E-state index contributed by atoms with van der Waals surface area (Å²) in [5.41, 5.74) is 0.642. The number of esters is 2. The first-order valence-electron chi connectivity index (χ1n) is 9.44. The van der Waals surface area contributed by atoms with Gasteiger partial charge in [0.25, 0.3) is 0 Å². The van der Waals surface area contributed by atoms with Crippen LogP contribution in [0.3, 0.4) is 0 Å². The Balaban J connectivity index is 1.96. The summed E-state index contributed by atoms with van der Waals surface area (Å²) in [6.07, 6.45) is -6.02. The molecule has 0 unspecified atom stereocenters. The van der Waals surface area contributed by atoms with Crippen LogP contribution in [0.1, 0.15) is 12.5 Å². The molecule has 6 atom stereocenters. The van der Waals surface area contributed by atoms with Crippen molar-refractivity contribution in [1.29, 1.82) is 0 Å². The zero-order chi connectivity index (χ0) is 23.0. The molecule has 1 aromatic carbocycles. The Hall–Kier alpha value is -2.54. The summed E-state index contributed by atoms with van der Waals surface area (Å²) < 4.78 is 20.6. The van der Waals surface area contributed by atoms with Gasteiger partial charge in [-0.25, -0.2) is 4.79 Å². The fourth-order valence-electron chi connectivity index (χ4n) is 2.68. The topological polar surface area (TPSA) is 172 Å². The van der Waals surface area contributed by atoms with Crippen molar-refractivity contribution in [3.8, 4) is 5.75 Å². The lowest BCUT2D eigenvalue weighted by Gasteiger charge is -2.40. The highest BCUT2D eigenvalue weighted by Crippen LogP contribution is 2.23. The van der Waals surface area contributed by atoms with Gasteiger partial charge in [0.2, 0.25) is 0 Å². The molecular formula is C20H26O11. The monoisotopic (exact) mass is 442 g/mol. The van der Waals surface area contributed by atoms with E-state index in [-0.39, 0.29) is 19.0 Å². The van der Waals surface area contributed by atoms with E-state index >= 15 is 0 Å². The highest BCUT2D eigenvalue weighted by molar-refractivity contribution is 5.87. The second-order valence-corrected chi connectivity index (χ2v) is 6.81. The standard InChI is InChI=1S/C20H26O11/c1-11(22)28-9-14(30-20-19(27)18(26)17(25)15(8-21)31-20)10-29-16(24)7-4-12-2-5-13(23)6-3-12/h2-7,14-15,17-21,23,25-27H,8-10H2,1H3/t14-,15+,17+,18-,19+,20+/m0/s1. The highest BCUT2D eigenvalue weighted by Gasteiger charge is 2.45. The fourth-order valence-corrected chi connectivity index (χ4v) is 2.68. The summed E-state index contributed by atoms with van der Waals surface area (Å²) in [5.74, 6) is -1.28. The number of carbonyl (C=O) groups excluding carboxylic acids is 2. The summed E-state index contributed by atoms with van der Waals surface area (Å²) >= 11 is 0. The maximum absolute atomic E-state index is 12.0. The molecular weight excluding hydrogens is 416 g/mol. The molecule has 5 N–H and O–H groups in total. The molecule has 11 heteroatoms. The van der Waals surface area contributed by atoms with Crippen molar-refractivity contribution in [1.82, 2.24) is 0 Å². The first-order valence-corrected chi connectivity index (χ1v) is 9.44. The first-order chi connectivity index (χ1) is 14.7. The Kier molecular flexibility index (Phi) is 9.37. The lowest BCUT2D eigenvalue weighted by Crippen LogP contribution is -2.60. The second-order valence-electron chi connectivity index (χ2n) is 6.81. The maximum atomic E-state index is 12.0. The van der Waals surface area contributed by atoms with Gasteiger partial charge in [-0.1, -0.05) is 12.1 Å². The molecule has 31 heavy (non-hydrogen) atoms. The summed E-state index contributed by atoms with van der Waals surface area (Å²) in [6.45, 7) is -0.214. The van der Waals surface area contributed by atoms with Gasteiger partial charge in [-0.3, -0.25) is 4.79 Å². The molecule has 0 radical (unpaired) electrons. The van der Waals surface area contributed by atoms with Crippen LogP contribution in [0.2, 0.25) is 0 Å². The summed E-state index contributed by atoms with van der Waals surface area (Å²) in [6, 6.07) is 6.08. The minimum atomic E-state index is -1.66. The van der Waals surface area contributed by atoms with Crippen LogP contribution in [0, 0.1) is 0 Å². The molecule has 0 amide bonds. The molecule has 11 nitrogen and oxygen atoms in total. The average Bonchev–Trinajstić information content (AvgIpc) is 2.75. The average molecular weight is 442 g/mol. The normalized spacial score (nSPS) is 27.1. The van der Waals surface area contributed by atoms with Crippen molar-refractivity contribution >= 4 is 18.0 Å². The molecule has 1 saturated heterocycles. The third kappa shape index (κ3) is 7.58. The van der Waals surface area contributed by atoms with Crippen molar-refractivity contribution in [3.05, 3.63) is 35.9 Å². The molecule has 0 aromatic heterocycles. The molecule has 1 aliphatic heterocycles. The van der Waals surface area contributed by atoms with Gasteiger partial charge in [0.15, 0.2) is 6.29 Å². The van der Waals surface area contributed by atoms with Crippen molar-refractivity contribution in [2.75, 3.05) is 19.8 Å². The van der Waals surface area contributed by atoms with Gasteiger partial charge >= 0.3 is 11.9 Å². The van der Waals surface area contributed by atoms with E-state index in [4.69, 9.17) is 18.9 Å². The van der Waals surface area contributed by atoms with Crippen molar-refractivity contribution in [2.45, 2.75) is 43.7 Å². The Labute approximate surface area is 178 Å². The molecule has 2 rings (SSSR count). The van der Waals surface area contributed by atoms with E-state index in [2.05, 4.69) is 0 Å². The predicted molar refractivity (Wildman–Crippen MR) is 103 cm³/mol. The molecule has 1 fully saturated rings. The molecule has 0 spiro atoms. The molecule has 1 aromatic rings. The smallest absolute Gasteiger partial charge is 0.330 e. The van der Waals surface area contributed by atoms with Crippen LogP contribution < -0.4 is 0 Å². The third-order valence-corrected chi connectivity index (χ3v) is 4.36. The van der Waals surface area contributed by atoms with Crippen LogP contribution in [-0.2, 0) is 28.5 Å². The van der Waals surface area contributed by atoms with E-state index < -0.39 is 55.4 Å². The van der Waals surface area contributed by atoms with Crippen molar-refractivity contribution in [2.24, 2.45) is 0 Å². The molecule has 172 valence electrons. The second kappa shape index (κ2) is 11.7. The number of aromatic hydroxyl groups is 1. The molecule has 0 bridgehead atoms. The molecule has 0 saturated carbocycles. The number of phenols is 1. The maximum Gasteiger partial charge on any atom is 0.330 e. The van der Waals surface area contributed by atoms with Gasteiger partial charge in [-0.2, -0.15) is 0 Å². The SMILES string of the molecule is CC(=O)OC[C@@H](COC(=O)C=Cc1ccc(O)cc1)O[C@@H]1O[C@H](CO)[C@@H](O)[C@H](O)[C@H]1O. The summed E-state index contributed by atoms with van der Waals surface area (Å²) in [7, 11) is 0. The van der Waals surface area contributed by atoms with Gasteiger partial charge in [0.1, 0.15) is 49.5 Å². The van der Waals surface area contributed by atoms with Gasteiger partial charge in [-0.05, 0) is 23.8 Å². The van der Waals surface area contributed by atoms with Crippen LogP contribution in [0.25, 0.3) is 6.08 Å². The van der Waals surface area contributed by atoms with Gasteiger partial charge in [0, 0.05) is 13.0 Å². The van der Waals surface area contributed by atoms with E-state index in [1.54, 1.807) is 12.1 Å². The minimum Gasteiger partial charge on any atom is -0.508 e. The minimum absolute atomic E-state index is 0.0818. The third-order valence-electron chi connectivity index (χ3n) is 4.36. The number of carbonyl (C=O) groups is 2. The molecule has 0 aliphatic carbocycles. The number of ether oxygens (including phenoxy) is 4. The Bertz CT molecular complexity index is 746. The van der Waals surface area contributed by atoms with Crippen molar-refractivity contribution in [3.63, 3.8) is 0 Å². The summed E-state index contributed by atoms with van der Waals surface area (Å²) in [5, 5.41) is 48.2. The highest BCUT2D eigenvalue weighted by atomic mass is 16.7. The van der Waals surface area contributed by atoms with Crippen molar-refractivity contribution < 1.29 is 54.1 Å². The molecule has 1 heterocycles. The zero-order valence-corrected chi connectivity index (χ0v) is 16.7. The summed E-state index contributed by atoms with van der Waals surface area (Å²) in [4.78, 5) is 23.1. The van der Waals surface area contributed by atoms with Gasteiger partial charge in [-0.15, -0.1) is 0 Å². The fraction of sp³-hybridized carbons (Fsp3) is 0.500. The van der Waals surface area contributed by atoms with Crippen LogP contribution >= 0.6 is 0 Å². The van der Waals surface area contributed by atoms with Crippen LogP contribution in [-0.4, -0.2) is 94.1 Å². The Morgan fingerprint density at radius 1 is 1.06 bits per heavy atom. The number of hydrogen-bond acceptors (Lipinski definition) is 11. The number of aliphatic hydroxyl groups excluding tert-OH is 4.